The van der Waals surface area contributed by atoms with E-state index in [-0.39, 0.29) is 5.78 Å². The van der Waals surface area contributed by atoms with Crippen LogP contribution in [0.2, 0.25) is 0 Å². The van der Waals surface area contributed by atoms with Gasteiger partial charge in [0.15, 0.2) is 10.1 Å². The number of hydrogen-bond acceptors (Lipinski definition) is 5. The number of carbonyl (C=O) groups is 1. The number of aromatic nitrogens is 1. The molecule has 3 aromatic rings. The number of thioether (sulfide) groups is 1. The van der Waals surface area contributed by atoms with Gasteiger partial charge in [-0.3, -0.25) is 4.79 Å². The van der Waals surface area contributed by atoms with Gasteiger partial charge in [-0.25, -0.2) is 4.98 Å². The highest BCUT2D eigenvalue weighted by Crippen LogP contribution is 2.32. The minimum atomic E-state index is 0.00916. The molecule has 0 fully saturated rings. The number of aryl methyl sites for hydroxylation is 1. The number of nitrogens with zero attached hydrogens (tertiary/aromatic N) is 1. The molecule has 5 heteroatoms. The smallest absolute Gasteiger partial charge is 0.186 e. The zero-order chi connectivity index (χ0) is 17.6. The predicted molar refractivity (Wildman–Crippen MR) is 106 cm³/mol. The van der Waals surface area contributed by atoms with Crippen LogP contribution in [-0.2, 0) is 6.42 Å². The number of fused-ring (bicyclic) bond motifs is 1. The quantitative estimate of drug-likeness (QED) is 0.302. The molecule has 1 heterocycles. The molecule has 0 saturated carbocycles. The number of thiazole rings is 1. The first-order valence-corrected chi connectivity index (χ1v) is 9.89. The molecule has 0 N–H and O–H groups in total. The van der Waals surface area contributed by atoms with Crippen molar-refractivity contribution >= 4 is 39.1 Å². The van der Waals surface area contributed by atoms with E-state index in [4.69, 9.17) is 4.74 Å². The van der Waals surface area contributed by atoms with E-state index in [0.717, 1.165) is 26.7 Å². The van der Waals surface area contributed by atoms with Gasteiger partial charge in [0, 0.05) is 5.56 Å². The van der Waals surface area contributed by atoms with Crippen molar-refractivity contribution in [1.29, 1.82) is 0 Å². The van der Waals surface area contributed by atoms with Crippen LogP contribution in [0.3, 0.4) is 0 Å². The molecule has 0 aliphatic carbocycles. The Kier molecular flexibility index (Phi) is 5.89. The summed E-state index contributed by atoms with van der Waals surface area (Å²) in [5.74, 6) is 0.867. The van der Waals surface area contributed by atoms with Gasteiger partial charge in [0.05, 0.1) is 16.8 Å². The molecule has 0 atom stereocenters. The largest absolute Gasteiger partial charge is 0.494 e. The van der Waals surface area contributed by atoms with Crippen LogP contribution in [0, 0.1) is 0 Å². The number of hydrogen-bond donors (Lipinski definition) is 0. The summed E-state index contributed by atoms with van der Waals surface area (Å²) in [4.78, 5) is 16.8. The molecule has 0 aliphatic heterocycles. The number of allylic oxidation sites excluding steroid dienone is 1. The predicted octanol–water partition coefficient (Wildman–Crippen LogP) is 5.75. The van der Waals surface area contributed by atoms with Gasteiger partial charge in [0.2, 0.25) is 0 Å². The summed E-state index contributed by atoms with van der Waals surface area (Å²) in [6, 6.07) is 13.6. The van der Waals surface area contributed by atoms with Gasteiger partial charge in [-0.2, -0.15) is 0 Å². The molecule has 3 nitrogen and oxygen atoms in total. The Morgan fingerprint density at radius 2 is 2.00 bits per heavy atom. The SMILES string of the molecule is CCOc1ccc2nc(SC=CC(=O)c3ccc(CC)cc3)sc2c1. The van der Waals surface area contributed by atoms with Crippen LogP contribution in [0.4, 0.5) is 0 Å². The Morgan fingerprint density at radius 3 is 2.72 bits per heavy atom. The lowest BCUT2D eigenvalue weighted by Crippen LogP contribution is -1.93. The molecule has 128 valence electrons. The van der Waals surface area contributed by atoms with Gasteiger partial charge in [-0.1, -0.05) is 43.0 Å². The third kappa shape index (κ3) is 4.50. The zero-order valence-corrected chi connectivity index (χ0v) is 15.8. The minimum Gasteiger partial charge on any atom is -0.494 e. The second-order valence-electron chi connectivity index (χ2n) is 5.38. The average molecular weight is 370 g/mol. The van der Waals surface area contributed by atoms with E-state index in [2.05, 4.69) is 11.9 Å². The average Bonchev–Trinajstić information content (AvgIpc) is 3.04. The maximum Gasteiger partial charge on any atom is 0.186 e. The van der Waals surface area contributed by atoms with Crippen LogP contribution in [0.15, 0.2) is 58.3 Å². The van der Waals surface area contributed by atoms with Crippen molar-refractivity contribution in [2.75, 3.05) is 6.61 Å². The second kappa shape index (κ2) is 8.32. The van der Waals surface area contributed by atoms with E-state index in [9.17, 15) is 4.79 Å². The van der Waals surface area contributed by atoms with Gasteiger partial charge in [0.25, 0.3) is 0 Å². The molecule has 2 aromatic carbocycles. The maximum absolute atomic E-state index is 12.2. The van der Waals surface area contributed by atoms with E-state index in [1.807, 2.05) is 49.4 Å². The molecular formula is C20H19NO2S2. The van der Waals surface area contributed by atoms with Crippen LogP contribution in [0.1, 0.15) is 29.8 Å². The van der Waals surface area contributed by atoms with E-state index < -0.39 is 0 Å². The summed E-state index contributed by atoms with van der Waals surface area (Å²) in [7, 11) is 0. The molecule has 0 bridgehead atoms. The molecule has 0 unspecified atom stereocenters. The molecule has 0 saturated heterocycles. The first-order valence-electron chi connectivity index (χ1n) is 8.19. The molecule has 0 amide bonds. The fraction of sp³-hybridized carbons (Fsp3) is 0.200. The lowest BCUT2D eigenvalue weighted by molar-refractivity contribution is 0.104. The summed E-state index contributed by atoms with van der Waals surface area (Å²) >= 11 is 3.06. The van der Waals surface area contributed by atoms with Gasteiger partial charge < -0.3 is 4.74 Å². The fourth-order valence-corrected chi connectivity index (χ4v) is 4.16. The molecule has 0 aliphatic rings. The highest BCUT2D eigenvalue weighted by molar-refractivity contribution is 8.03. The summed E-state index contributed by atoms with van der Waals surface area (Å²) in [6.07, 6.45) is 2.58. The van der Waals surface area contributed by atoms with E-state index >= 15 is 0 Å². The lowest BCUT2D eigenvalue weighted by Gasteiger charge is -2.00. The monoisotopic (exact) mass is 369 g/mol. The molecular weight excluding hydrogens is 350 g/mol. The van der Waals surface area contributed by atoms with Crippen LogP contribution in [0.25, 0.3) is 10.2 Å². The van der Waals surface area contributed by atoms with Crippen molar-refractivity contribution < 1.29 is 9.53 Å². The fourth-order valence-electron chi connectivity index (χ4n) is 2.35. The normalized spacial score (nSPS) is 11.3. The molecule has 3 rings (SSSR count). The van der Waals surface area contributed by atoms with Gasteiger partial charge in [-0.15, -0.1) is 11.3 Å². The number of rotatable bonds is 7. The van der Waals surface area contributed by atoms with Gasteiger partial charge in [0.1, 0.15) is 5.75 Å². The van der Waals surface area contributed by atoms with Crippen LogP contribution >= 0.6 is 23.1 Å². The van der Waals surface area contributed by atoms with E-state index in [0.29, 0.717) is 12.2 Å². The molecule has 0 radical (unpaired) electrons. The highest BCUT2D eigenvalue weighted by Gasteiger charge is 2.06. The zero-order valence-electron chi connectivity index (χ0n) is 14.2. The van der Waals surface area contributed by atoms with Gasteiger partial charge >= 0.3 is 0 Å². The van der Waals surface area contributed by atoms with Crippen molar-refractivity contribution in [2.45, 2.75) is 24.6 Å². The summed E-state index contributed by atoms with van der Waals surface area (Å²) in [6.45, 7) is 4.72. The highest BCUT2D eigenvalue weighted by atomic mass is 32.2. The van der Waals surface area contributed by atoms with Crippen LogP contribution < -0.4 is 4.74 Å². The first-order chi connectivity index (χ1) is 12.2. The van der Waals surface area contributed by atoms with Crippen molar-refractivity contribution in [3.8, 4) is 5.75 Å². The second-order valence-corrected chi connectivity index (χ2v) is 7.56. The Bertz CT molecular complexity index is 898. The Labute approximate surface area is 155 Å². The van der Waals surface area contributed by atoms with Crippen LogP contribution in [0.5, 0.6) is 5.75 Å². The van der Waals surface area contributed by atoms with E-state index in [1.165, 1.54) is 17.3 Å². The van der Waals surface area contributed by atoms with Crippen molar-refractivity contribution in [3.05, 3.63) is 65.1 Å². The molecule has 25 heavy (non-hydrogen) atoms. The number of benzene rings is 2. The summed E-state index contributed by atoms with van der Waals surface area (Å²) in [5, 5.41) is 1.80. The molecule has 0 spiro atoms. The number of ether oxygens (including phenoxy) is 1. The first kappa shape index (κ1) is 17.7. The Hall–Kier alpha value is -2.11. The third-order valence-electron chi connectivity index (χ3n) is 3.69. The van der Waals surface area contributed by atoms with Crippen LogP contribution in [-0.4, -0.2) is 17.4 Å². The summed E-state index contributed by atoms with van der Waals surface area (Å²) in [5.41, 5.74) is 2.89. The Morgan fingerprint density at radius 1 is 1.20 bits per heavy atom. The standard InChI is InChI=1S/C20H19NO2S2/c1-3-14-5-7-15(8-6-14)18(22)11-12-24-20-21-17-10-9-16(23-4-2)13-19(17)25-20/h5-13H,3-4H2,1-2H3. The van der Waals surface area contributed by atoms with E-state index in [1.54, 1.807) is 22.8 Å². The number of ketones is 1. The summed E-state index contributed by atoms with van der Waals surface area (Å²) < 4.78 is 7.51. The number of carbonyl (C=O) groups excluding carboxylic acids is 1. The van der Waals surface area contributed by atoms with Crippen molar-refractivity contribution in [3.63, 3.8) is 0 Å². The third-order valence-corrected chi connectivity index (χ3v) is 5.60. The van der Waals surface area contributed by atoms with Crippen molar-refractivity contribution in [2.24, 2.45) is 0 Å². The minimum absolute atomic E-state index is 0.00916. The topological polar surface area (TPSA) is 39.2 Å². The molecule has 1 aromatic heterocycles. The Balaban J connectivity index is 1.66. The maximum atomic E-state index is 12.2. The van der Waals surface area contributed by atoms with Crippen molar-refractivity contribution in [1.82, 2.24) is 4.98 Å². The lowest BCUT2D eigenvalue weighted by atomic mass is 10.1. The van der Waals surface area contributed by atoms with Gasteiger partial charge in [-0.05, 0) is 48.6 Å².